The van der Waals surface area contributed by atoms with E-state index >= 15 is 0 Å². The second-order valence-corrected chi connectivity index (χ2v) is 7.45. The Hall–Kier alpha value is -2.67. The number of imidazole rings is 1. The van der Waals surface area contributed by atoms with Crippen molar-refractivity contribution >= 4 is 28.5 Å². The van der Waals surface area contributed by atoms with E-state index in [1.165, 1.54) is 18.2 Å². The Morgan fingerprint density at radius 2 is 2.14 bits per heavy atom. The lowest BCUT2D eigenvalue weighted by Crippen LogP contribution is -2.30. The molecule has 5 rings (SSSR count). The summed E-state index contributed by atoms with van der Waals surface area (Å²) in [5.41, 5.74) is 1.67. The number of alkyl halides is 2. The average Bonchev–Trinajstić information content (AvgIpc) is 3.12. The minimum Gasteiger partial charge on any atom is -0.433 e. The van der Waals surface area contributed by atoms with E-state index in [2.05, 4.69) is 4.98 Å². The zero-order chi connectivity index (χ0) is 22.3. The maximum atomic E-state index is 13.4. The highest BCUT2D eigenvalue weighted by atomic mass is 35.5. The molecule has 0 saturated heterocycles. The predicted octanol–water partition coefficient (Wildman–Crippen LogP) is 4.80. The first-order chi connectivity index (χ1) is 14.5. The molecule has 0 unspecified atom stereocenters. The fourth-order valence-corrected chi connectivity index (χ4v) is 4.45. The molecule has 0 radical (unpaired) electrons. The molecule has 2 aromatic carbocycles. The predicted molar refractivity (Wildman–Crippen MR) is 100 cm³/mol. The van der Waals surface area contributed by atoms with Gasteiger partial charge in [0.2, 0.25) is 0 Å². The standard InChI is InChI=1S/C20H16ClF2N3O2/c1-20(22,23)28-10-6-7-13-14(8-10)26-15-9-16(18(26)24-13)25(2)19(27)11-4-3-5-12(21)17(11)15/h3-8,15-16H,9H2,1-2H3/t15-,16-/m1/s1/i2D3. The molecule has 3 aromatic rings. The molecule has 0 spiro atoms. The van der Waals surface area contributed by atoms with Crippen LogP contribution in [-0.4, -0.2) is 33.4 Å². The first kappa shape index (κ1) is 14.3. The van der Waals surface area contributed by atoms with Crippen LogP contribution in [-0.2, 0) is 0 Å². The summed E-state index contributed by atoms with van der Waals surface area (Å²) in [6, 6.07) is 7.82. The number of nitrogens with zero attached hydrogens (tertiary/aromatic N) is 3. The van der Waals surface area contributed by atoms with Crippen LogP contribution in [0, 0.1) is 0 Å². The monoisotopic (exact) mass is 406 g/mol. The second kappa shape index (κ2) is 5.67. The lowest BCUT2D eigenvalue weighted by Gasteiger charge is -2.24. The number of fused-ring (bicyclic) bond motifs is 9. The third kappa shape index (κ3) is 2.42. The molecule has 28 heavy (non-hydrogen) atoms. The van der Waals surface area contributed by atoms with Crippen LogP contribution in [0.3, 0.4) is 0 Å². The van der Waals surface area contributed by atoms with Gasteiger partial charge in [0.15, 0.2) is 0 Å². The molecule has 1 aromatic heterocycles. The van der Waals surface area contributed by atoms with Gasteiger partial charge < -0.3 is 14.2 Å². The Balaban J connectivity index is 1.78. The minimum atomic E-state index is -3.37. The van der Waals surface area contributed by atoms with Gasteiger partial charge in [-0.1, -0.05) is 17.7 Å². The summed E-state index contributed by atoms with van der Waals surface area (Å²) in [6.07, 6.45) is -3.11. The molecule has 1 amide bonds. The van der Waals surface area contributed by atoms with E-state index < -0.39 is 31.1 Å². The number of rotatable bonds is 2. The second-order valence-electron chi connectivity index (χ2n) is 7.04. The van der Waals surface area contributed by atoms with E-state index in [4.69, 9.17) is 20.5 Å². The van der Waals surface area contributed by atoms with Crippen molar-refractivity contribution in [2.24, 2.45) is 0 Å². The van der Waals surface area contributed by atoms with Crippen molar-refractivity contribution in [3.63, 3.8) is 0 Å². The van der Waals surface area contributed by atoms with E-state index in [0.29, 0.717) is 34.4 Å². The van der Waals surface area contributed by atoms with Crippen LogP contribution in [0.25, 0.3) is 11.0 Å². The summed E-state index contributed by atoms with van der Waals surface area (Å²) in [5, 5.41) is 0.323. The highest BCUT2D eigenvalue weighted by Gasteiger charge is 2.44. The van der Waals surface area contributed by atoms with Gasteiger partial charge in [0.1, 0.15) is 11.6 Å². The summed E-state index contributed by atoms with van der Waals surface area (Å²) >= 11 is 6.47. The highest BCUT2D eigenvalue weighted by molar-refractivity contribution is 6.32. The number of carbonyl (C=O) groups is 1. The fourth-order valence-electron chi connectivity index (χ4n) is 4.15. The number of aromatic nitrogens is 2. The quantitative estimate of drug-likeness (QED) is 0.614. The van der Waals surface area contributed by atoms with Gasteiger partial charge >= 0.3 is 6.11 Å². The number of carbonyl (C=O) groups excluding carboxylic acids is 1. The summed E-state index contributed by atoms with van der Waals surface area (Å²) in [5.74, 6) is -0.321. The SMILES string of the molecule is [2H]C([2H])([2H])N1C(=O)c2cccc(Cl)c2[C@H]2C[C@@H]1c1nc3ccc(OC(C)(F)F)cc3n12. The van der Waals surface area contributed by atoms with Gasteiger partial charge in [-0.25, -0.2) is 4.98 Å². The normalized spacial score (nSPS) is 22.9. The Kier molecular flexibility index (Phi) is 2.90. The molecule has 2 aliphatic heterocycles. The summed E-state index contributed by atoms with van der Waals surface area (Å²) < 4.78 is 57.2. The number of hydrogen-bond donors (Lipinski definition) is 0. The Morgan fingerprint density at radius 1 is 1.32 bits per heavy atom. The molecule has 0 saturated carbocycles. The average molecular weight is 407 g/mol. The van der Waals surface area contributed by atoms with E-state index in [1.807, 2.05) is 0 Å². The van der Waals surface area contributed by atoms with Crippen LogP contribution in [0.15, 0.2) is 36.4 Å². The molecular formula is C20H16ClF2N3O2. The molecule has 2 atom stereocenters. The van der Waals surface area contributed by atoms with Crippen LogP contribution >= 0.6 is 11.6 Å². The molecule has 5 nitrogen and oxygen atoms in total. The smallest absolute Gasteiger partial charge is 0.394 e. The molecule has 0 N–H and O–H groups in total. The van der Waals surface area contributed by atoms with Crippen molar-refractivity contribution in [3.8, 4) is 5.75 Å². The van der Waals surface area contributed by atoms with Crippen LogP contribution in [0.2, 0.25) is 5.02 Å². The van der Waals surface area contributed by atoms with Gasteiger partial charge in [-0.3, -0.25) is 4.79 Å². The van der Waals surface area contributed by atoms with E-state index in [1.54, 1.807) is 22.8 Å². The van der Waals surface area contributed by atoms with Gasteiger partial charge in [-0.15, -0.1) is 0 Å². The maximum absolute atomic E-state index is 13.4. The number of halogens is 3. The number of benzene rings is 2. The topological polar surface area (TPSA) is 47.4 Å². The molecule has 144 valence electrons. The van der Waals surface area contributed by atoms with Crippen molar-refractivity contribution in [2.75, 3.05) is 6.98 Å². The lowest BCUT2D eigenvalue weighted by molar-refractivity contribution is -0.158. The van der Waals surface area contributed by atoms with Crippen molar-refractivity contribution < 1.29 is 22.4 Å². The molecule has 2 aliphatic rings. The zero-order valence-corrected chi connectivity index (χ0v) is 15.4. The van der Waals surface area contributed by atoms with Crippen LogP contribution in [0.5, 0.6) is 5.75 Å². The van der Waals surface area contributed by atoms with Crippen molar-refractivity contribution in [3.05, 3.63) is 58.4 Å². The fraction of sp³-hybridized carbons (Fsp3) is 0.300. The largest absolute Gasteiger partial charge is 0.433 e. The Morgan fingerprint density at radius 3 is 2.89 bits per heavy atom. The summed E-state index contributed by atoms with van der Waals surface area (Å²) in [6.45, 7) is -2.06. The van der Waals surface area contributed by atoms with Gasteiger partial charge in [-0.05, 0) is 24.3 Å². The number of ether oxygens (including phenoxy) is 1. The Labute approximate surface area is 168 Å². The molecule has 0 fully saturated rings. The van der Waals surface area contributed by atoms with Crippen LogP contribution in [0.4, 0.5) is 8.78 Å². The summed E-state index contributed by atoms with van der Waals surface area (Å²) in [7, 11) is 0. The molecule has 2 bridgehead atoms. The minimum absolute atomic E-state index is 0.0508. The van der Waals surface area contributed by atoms with Gasteiger partial charge in [0, 0.05) is 46.6 Å². The number of amides is 1. The first-order valence-corrected chi connectivity index (χ1v) is 9.04. The first-order valence-electron chi connectivity index (χ1n) is 10.2. The van der Waals surface area contributed by atoms with Crippen molar-refractivity contribution in [1.29, 1.82) is 0 Å². The van der Waals surface area contributed by atoms with E-state index in [-0.39, 0.29) is 17.7 Å². The van der Waals surface area contributed by atoms with Gasteiger partial charge in [0.25, 0.3) is 5.91 Å². The lowest BCUT2D eigenvalue weighted by atomic mass is 9.99. The highest BCUT2D eigenvalue weighted by Crippen LogP contribution is 2.49. The van der Waals surface area contributed by atoms with Crippen LogP contribution in [0.1, 0.15) is 51.3 Å². The third-order valence-electron chi connectivity index (χ3n) is 5.19. The van der Waals surface area contributed by atoms with Crippen molar-refractivity contribution in [2.45, 2.75) is 31.5 Å². The molecular weight excluding hydrogens is 388 g/mol. The van der Waals surface area contributed by atoms with E-state index in [0.717, 1.165) is 4.90 Å². The summed E-state index contributed by atoms with van der Waals surface area (Å²) in [4.78, 5) is 18.6. The molecule has 0 aliphatic carbocycles. The van der Waals surface area contributed by atoms with Gasteiger partial charge in [-0.2, -0.15) is 8.78 Å². The Bertz CT molecular complexity index is 1240. The van der Waals surface area contributed by atoms with E-state index in [9.17, 15) is 13.6 Å². The van der Waals surface area contributed by atoms with Crippen molar-refractivity contribution in [1.82, 2.24) is 14.5 Å². The maximum Gasteiger partial charge on any atom is 0.394 e. The molecule has 3 heterocycles. The number of hydrogen-bond acceptors (Lipinski definition) is 3. The third-order valence-corrected chi connectivity index (χ3v) is 5.52. The van der Waals surface area contributed by atoms with Gasteiger partial charge in [0.05, 0.1) is 23.1 Å². The van der Waals surface area contributed by atoms with Crippen LogP contribution < -0.4 is 4.74 Å². The zero-order valence-electron chi connectivity index (χ0n) is 17.6. The molecule has 8 heteroatoms.